The Bertz CT molecular complexity index is 1330. The molecule has 0 spiro atoms. The molecule has 11 heteroatoms. The highest BCUT2D eigenvalue weighted by Crippen LogP contribution is 2.38. The summed E-state index contributed by atoms with van der Waals surface area (Å²) in [5.41, 5.74) is 0.765. The second-order valence-electron chi connectivity index (χ2n) is 11.2. The molecule has 0 aliphatic carbocycles. The van der Waals surface area contributed by atoms with E-state index < -0.39 is 11.6 Å². The quantitative estimate of drug-likeness (QED) is 0.125. The van der Waals surface area contributed by atoms with E-state index in [2.05, 4.69) is 0 Å². The van der Waals surface area contributed by atoms with Crippen molar-refractivity contribution in [1.82, 2.24) is 14.6 Å². The van der Waals surface area contributed by atoms with E-state index in [-0.39, 0.29) is 23.6 Å². The molecule has 0 bridgehead atoms. The predicted molar refractivity (Wildman–Crippen MR) is 163 cm³/mol. The molecule has 1 fully saturated rings. The SMILES string of the molecule is COC(=O)c1c(-c2ccc(Oc3ccccc3)cc2)nc(C(CCOSC)C2CCN(C(=O)OC(C)(C)C)CC2)n1N. The first-order valence-electron chi connectivity index (χ1n) is 14.0. The van der Waals surface area contributed by atoms with Crippen molar-refractivity contribution < 1.29 is 28.0 Å². The first-order chi connectivity index (χ1) is 20.1. The van der Waals surface area contributed by atoms with Crippen LogP contribution in [-0.4, -0.2) is 65.3 Å². The Kier molecular flexibility index (Phi) is 10.4. The number of piperidine rings is 1. The van der Waals surface area contributed by atoms with Gasteiger partial charge >= 0.3 is 12.1 Å². The molecule has 0 radical (unpaired) electrons. The normalized spacial score (nSPS) is 14.8. The van der Waals surface area contributed by atoms with Crippen LogP contribution in [0, 0.1) is 5.92 Å². The molecule has 1 aromatic heterocycles. The third-order valence-electron chi connectivity index (χ3n) is 7.15. The fraction of sp³-hybridized carbons (Fsp3) is 0.452. The smallest absolute Gasteiger partial charge is 0.410 e. The van der Waals surface area contributed by atoms with Crippen molar-refractivity contribution in [1.29, 1.82) is 0 Å². The molecule has 1 aliphatic heterocycles. The highest BCUT2D eigenvalue weighted by Gasteiger charge is 2.35. The standard InChI is InChI=1S/C31H40N4O6S/c1-31(2,3)41-30(37)34-18-15-21(16-19-34)25(17-20-39-42-5)28-33-26(27(35(28)32)29(36)38-4)22-11-13-24(14-12-22)40-23-9-7-6-8-10-23/h6-14,21,25H,15-20,32H2,1-5H3. The van der Waals surface area contributed by atoms with Gasteiger partial charge in [-0.3, -0.25) is 0 Å². The monoisotopic (exact) mass is 596 g/mol. The molecule has 0 saturated carbocycles. The third-order valence-corrected chi connectivity index (χ3v) is 7.55. The van der Waals surface area contributed by atoms with Gasteiger partial charge in [0.25, 0.3) is 0 Å². The lowest BCUT2D eigenvalue weighted by Gasteiger charge is -2.36. The number of amides is 1. The highest BCUT2D eigenvalue weighted by molar-refractivity contribution is 7.93. The maximum Gasteiger partial charge on any atom is 0.410 e. The maximum atomic E-state index is 13.0. The summed E-state index contributed by atoms with van der Waals surface area (Å²) >= 11 is 1.30. The van der Waals surface area contributed by atoms with Crippen molar-refractivity contribution in [3.8, 4) is 22.8 Å². The molecule has 1 unspecified atom stereocenters. The van der Waals surface area contributed by atoms with Gasteiger partial charge < -0.3 is 29.1 Å². The van der Waals surface area contributed by atoms with E-state index in [0.29, 0.717) is 48.9 Å². The third kappa shape index (κ3) is 7.77. The number of carbonyl (C=O) groups excluding carboxylic acids is 2. The van der Waals surface area contributed by atoms with Crippen LogP contribution in [0.3, 0.4) is 0 Å². The van der Waals surface area contributed by atoms with Crippen molar-refractivity contribution in [3.05, 3.63) is 66.1 Å². The Hall–Kier alpha value is -3.70. The molecule has 226 valence electrons. The fourth-order valence-electron chi connectivity index (χ4n) is 5.15. The Morgan fingerprint density at radius 3 is 2.29 bits per heavy atom. The van der Waals surface area contributed by atoms with Gasteiger partial charge in [0.2, 0.25) is 0 Å². The molecule has 1 atom stereocenters. The molecule has 1 amide bonds. The summed E-state index contributed by atoms with van der Waals surface area (Å²) < 4.78 is 23.6. The van der Waals surface area contributed by atoms with Crippen molar-refractivity contribution in [2.45, 2.75) is 51.6 Å². The Morgan fingerprint density at radius 1 is 1.05 bits per heavy atom. The number of para-hydroxylation sites is 1. The van der Waals surface area contributed by atoms with Crippen LogP contribution >= 0.6 is 12.0 Å². The summed E-state index contributed by atoms with van der Waals surface area (Å²) in [7, 11) is 1.33. The van der Waals surface area contributed by atoms with Gasteiger partial charge in [-0.25, -0.2) is 19.2 Å². The molecule has 10 nitrogen and oxygen atoms in total. The van der Waals surface area contributed by atoms with E-state index >= 15 is 0 Å². The number of nitrogens with two attached hydrogens (primary N) is 1. The summed E-state index contributed by atoms with van der Waals surface area (Å²) in [4.78, 5) is 32.3. The maximum absolute atomic E-state index is 13.0. The molecular formula is C31H40N4O6S. The van der Waals surface area contributed by atoms with E-state index in [0.717, 1.165) is 18.6 Å². The van der Waals surface area contributed by atoms with E-state index in [9.17, 15) is 9.59 Å². The summed E-state index contributed by atoms with van der Waals surface area (Å²) in [6.07, 6.45) is 3.69. The van der Waals surface area contributed by atoms with Crippen molar-refractivity contribution in [2.75, 3.05) is 38.9 Å². The van der Waals surface area contributed by atoms with Gasteiger partial charge in [0.15, 0.2) is 5.69 Å². The molecule has 2 heterocycles. The predicted octanol–water partition coefficient (Wildman–Crippen LogP) is 6.26. The minimum Gasteiger partial charge on any atom is -0.464 e. The lowest BCUT2D eigenvalue weighted by molar-refractivity contribution is 0.0169. The van der Waals surface area contributed by atoms with Crippen LogP contribution in [0.1, 0.15) is 62.3 Å². The number of imidazole rings is 1. The zero-order chi connectivity index (χ0) is 30.3. The number of nitrogen functional groups attached to an aromatic ring is 1. The first-order valence-corrected chi connectivity index (χ1v) is 15.2. The van der Waals surface area contributed by atoms with E-state index in [1.807, 2.05) is 81.6 Å². The van der Waals surface area contributed by atoms with Gasteiger partial charge in [-0.1, -0.05) is 18.2 Å². The van der Waals surface area contributed by atoms with Crippen LogP contribution in [0.15, 0.2) is 54.6 Å². The Balaban J connectivity index is 1.61. The molecule has 42 heavy (non-hydrogen) atoms. The van der Waals surface area contributed by atoms with Gasteiger partial charge in [-0.15, -0.1) is 0 Å². The summed E-state index contributed by atoms with van der Waals surface area (Å²) in [5, 5.41) is 0. The average Bonchev–Trinajstić information content (AvgIpc) is 3.31. The number of methoxy groups -OCH3 is 1. The van der Waals surface area contributed by atoms with E-state index in [1.165, 1.54) is 23.8 Å². The first kappa shape index (κ1) is 31.2. The minimum atomic E-state index is -0.574. The van der Waals surface area contributed by atoms with Crippen LogP contribution in [0.4, 0.5) is 4.79 Å². The number of likely N-dealkylation sites (tertiary alicyclic amines) is 1. The molecular weight excluding hydrogens is 556 g/mol. The highest BCUT2D eigenvalue weighted by atomic mass is 32.2. The van der Waals surface area contributed by atoms with Gasteiger partial charge in [-0.05, 0) is 94.4 Å². The number of carbonyl (C=O) groups is 2. The van der Waals surface area contributed by atoms with Crippen molar-refractivity contribution in [2.24, 2.45) is 5.92 Å². The van der Waals surface area contributed by atoms with Crippen molar-refractivity contribution in [3.63, 3.8) is 0 Å². The molecule has 3 aromatic rings. The number of hydrogen-bond acceptors (Lipinski definition) is 9. The van der Waals surface area contributed by atoms with E-state index in [1.54, 1.807) is 4.90 Å². The van der Waals surface area contributed by atoms with Crippen LogP contribution in [0.2, 0.25) is 0 Å². The largest absolute Gasteiger partial charge is 0.464 e. The number of rotatable bonds is 10. The zero-order valence-corrected chi connectivity index (χ0v) is 25.7. The van der Waals surface area contributed by atoms with E-state index in [4.69, 9.17) is 29.2 Å². The van der Waals surface area contributed by atoms with Crippen LogP contribution in [0.5, 0.6) is 11.5 Å². The second kappa shape index (κ2) is 14.0. The summed E-state index contributed by atoms with van der Waals surface area (Å²) in [5.74, 6) is 8.04. The van der Waals surface area contributed by atoms with Gasteiger partial charge in [0.1, 0.15) is 28.6 Å². The molecule has 2 aromatic carbocycles. The van der Waals surface area contributed by atoms with Crippen LogP contribution < -0.4 is 10.6 Å². The summed E-state index contributed by atoms with van der Waals surface area (Å²) in [6, 6.07) is 16.9. The number of esters is 1. The van der Waals surface area contributed by atoms with Crippen LogP contribution in [0.25, 0.3) is 11.3 Å². The van der Waals surface area contributed by atoms with Crippen molar-refractivity contribution >= 4 is 24.1 Å². The van der Waals surface area contributed by atoms with Gasteiger partial charge in [0.05, 0.1) is 13.7 Å². The second-order valence-corrected chi connectivity index (χ2v) is 11.7. The summed E-state index contributed by atoms with van der Waals surface area (Å²) in [6.45, 7) is 7.19. The lowest BCUT2D eigenvalue weighted by Crippen LogP contribution is -2.43. The number of aromatic nitrogens is 2. The van der Waals surface area contributed by atoms with Gasteiger partial charge in [0, 0.05) is 30.8 Å². The fourth-order valence-corrected chi connectivity index (χ4v) is 5.42. The Labute approximate surface area is 251 Å². The number of benzene rings is 2. The molecule has 1 aliphatic rings. The average molecular weight is 597 g/mol. The van der Waals surface area contributed by atoms with Crippen LogP contribution in [-0.2, 0) is 13.7 Å². The Morgan fingerprint density at radius 2 is 1.69 bits per heavy atom. The zero-order valence-electron chi connectivity index (χ0n) is 24.9. The number of ether oxygens (including phenoxy) is 3. The topological polar surface area (TPSA) is 118 Å². The molecule has 4 rings (SSSR count). The number of hydrogen-bond donors (Lipinski definition) is 1. The molecule has 2 N–H and O–H groups in total. The molecule has 1 saturated heterocycles. The van der Waals surface area contributed by atoms with Gasteiger partial charge in [-0.2, -0.15) is 0 Å². The minimum absolute atomic E-state index is 0.110. The lowest BCUT2D eigenvalue weighted by atomic mass is 9.82. The number of nitrogens with zero attached hydrogens (tertiary/aromatic N) is 3.